The van der Waals surface area contributed by atoms with E-state index in [2.05, 4.69) is 20.4 Å². The molecule has 7 nitrogen and oxygen atoms in total. The molecule has 0 atom stereocenters. The highest BCUT2D eigenvalue weighted by molar-refractivity contribution is 7.13. The highest BCUT2D eigenvalue weighted by atomic mass is 32.1. The summed E-state index contributed by atoms with van der Waals surface area (Å²) in [5.74, 6) is -0.962. The summed E-state index contributed by atoms with van der Waals surface area (Å²) in [4.78, 5) is 21.5. The molecule has 4 rings (SSSR count). The van der Waals surface area contributed by atoms with Crippen molar-refractivity contribution >= 4 is 23.1 Å². The van der Waals surface area contributed by atoms with Gasteiger partial charge in [-0.1, -0.05) is 12.1 Å². The highest BCUT2D eigenvalue weighted by Gasteiger charge is 2.20. The van der Waals surface area contributed by atoms with Crippen molar-refractivity contribution in [3.05, 3.63) is 71.7 Å². The molecule has 9 heteroatoms. The van der Waals surface area contributed by atoms with Crippen molar-refractivity contribution in [1.29, 1.82) is 0 Å². The molecule has 134 valence electrons. The zero-order valence-corrected chi connectivity index (χ0v) is 14.5. The molecular formula is C18H12FN5O2S. The first-order valence-corrected chi connectivity index (χ1v) is 8.72. The normalized spacial score (nSPS) is 10.7. The maximum absolute atomic E-state index is 13.7. The predicted octanol–water partition coefficient (Wildman–Crippen LogP) is 3.49. The first-order chi connectivity index (χ1) is 13.1. The van der Waals surface area contributed by atoms with Crippen molar-refractivity contribution in [2.75, 3.05) is 5.32 Å². The first kappa shape index (κ1) is 16.9. The fraction of sp³-hybridized carbons (Fsp3) is 0. The number of aromatic hydroxyl groups is 1. The number of carbonyl (C=O) groups is 1. The summed E-state index contributed by atoms with van der Waals surface area (Å²) in [6.07, 6.45) is 1.44. The van der Waals surface area contributed by atoms with E-state index in [1.807, 2.05) is 17.5 Å². The average Bonchev–Trinajstić information content (AvgIpc) is 3.33. The minimum Gasteiger partial charge on any atom is -0.504 e. The van der Waals surface area contributed by atoms with Crippen molar-refractivity contribution < 1.29 is 14.3 Å². The topological polar surface area (TPSA) is 92.9 Å². The first-order valence-electron chi connectivity index (χ1n) is 7.84. The average molecular weight is 381 g/mol. The Balaban J connectivity index is 1.75. The Morgan fingerprint density at radius 3 is 2.81 bits per heavy atom. The van der Waals surface area contributed by atoms with Gasteiger partial charge >= 0.3 is 0 Å². The molecule has 0 radical (unpaired) electrons. The standard InChI is InChI=1S/C18H12FN5O2S/c19-11-4-1-5-12(10-11)24-17(14-7-3-9-27-14)21-16(23-24)18(26)22-15-13(25)6-2-8-20-15/h1-10,25H,(H,20,22,26). The van der Waals surface area contributed by atoms with Crippen LogP contribution in [-0.4, -0.2) is 30.8 Å². The molecule has 0 saturated heterocycles. The van der Waals surface area contributed by atoms with Gasteiger partial charge in [0.05, 0.1) is 10.6 Å². The number of pyridine rings is 1. The molecule has 2 N–H and O–H groups in total. The van der Waals surface area contributed by atoms with Gasteiger partial charge in [0.2, 0.25) is 5.82 Å². The third-order valence-corrected chi connectivity index (χ3v) is 4.49. The quantitative estimate of drug-likeness (QED) is 0.564. The molecule has 1 amide bonds. The van der Waals surface area contributed by atoms with Gasteiger partial charge in [-0.25, -0.2) is 19.0 Å². The van der Waals surface area contributed by atoms with Crippen LogP contribution in [0.5, 0.6) is 5.75 Å². The molecule has 3 aromatic heterocycles. The lowest BCUT2D eigenvalue weighted by Gasteiger charge is -2.04. The van der Waals surface area contributed by atoms with Crippen molar-refractivity contribution in [2.45, 2.75) is 0 Å². The van der Waals surface area contributed by atoms with Gasteiger partial charge in [-0.2, -0.15) is 0 Å². The number of halogens is 1. The van der Waals surface area contributed by atoms with E-state index < -0.39 is 11.7 Å². The lowest BCUT2D eigenvalue weighted by Crippen LogP contribution is -2.15. The van der Waals surface area contributed by atoms with Crippen LogP contribution in [0.4, 0.5) is 10.2 Å². The molecule has 27 heavy (non-hydrogen) atoms. The van der Waals surface area contributed by atoms with Gasteiger partial charge in [0.15, 0.2) is 17.4 Å². The number of rotatable bonds is 4. The molecule has 3 heterocycles. The van der Waals surface area contributed by atoms with Gasteiger partial charge in [0.25, 0.3) is 5.91 Å². The summed E-state index contributed by atoms with van der Waals surface area (Å²) in [7, 11) is 0. The van der Waals surface area contributed by atoms with Crippen LogP contribution in [0.3, 0.4) is 0 Å². The SMILES string of the molecule is O=C(Nc1ncccc1O)c1nc(-c2cccs2)n(-c2cccc(F)c2)n1. The Hall–Kier alpha value is -3.59. The van der Waals surface area contributed by atoms with E-state index in [9.17, 15) is 14.3 Å². The maximum atomic E-state index is 13.7. The van der Waals surface area contributed by atoms with Crippen molar-refractivity contribution in [1.82, 2.24) is 19.7 Å². The van der Waals surface area contributed by atoms with Crippen molar-refractivity contribution in [2.24, 2.45) is 0 Å². The molecule has 0 aliphatic rings. The number of hydrogen-bond acceptors (Lipinski definition) is 6. The van der Waals surface area contributed by atoms with Crippen LogP contribution in [0.2, 0.25) is 0 Å². The number of aromatic nitrogens is 4. The van der Waals surface area contributed by atoms with Gasteiger partial charge < -0.3 is 10.4 Å². The van der Waals surface area contributed by atoms with E-state index in [0.717, 1.165) is 4.88 Å². The van der Waals surface area contributed by atoms with Crippen LogP contribution < -0.4 is 5.32 Å². The van der Waals surface area contributed by atoms with E-state index in [0.29, 0.717) is 11.5 Å². The second-order valence-electron chi connectivity index (χ2n) is 5.45. The summed E-state index contributed by atoms with van der Waals surface area (Å²) in [6.45, 7) is 0. The smallest absolute Gasteiger partial charge is 0.296 e. The van der Waals surface area contributed by atoms with E-state index in [1.165, 1.54) is 46.5 Å². The van der Waals surface area contributed by atoms with E-state index in [1.54, 1.807) is 12.1 Å². The molecule has 0 aliphatic heterocycles. The largest absolute Gasteiger partial charge is 0.504 e. The molecular weight excluding hydrogens is 369 g/mol. The number of nitrogens with zero attached hydrogens (tertiary/aromatic N) is 4. The zero-order chi connectivity index (χ0) is 18.8. The molecule has 0 unspecified atom stereocenters. The summed E-state index contributed by atoms with van der Waals surface area (Å²) in [6, 6.07) is 12.5. The monoisotopic (exact) mass is 381 g/mol. The van der Waals surface area contributed by atoms with Crippen LogP contribution in [-0.2, 0) is 0 Å². The van der Waals surface area contributed by atoms with Crippen LogP contribution in [0.1, 0.15) is 10.6 Å². The number of benzene rings is 1. The summed E-state index contributed by atoms with van der Waals surface area (Å²) < 4.78 is 15.1. The van der Waals surface area contributed by atoms with Gasteiger partial charge in [-0.15, -0.1) is 16.4 Å². The Morgan fingerprint density at radius 2 is 2.07 bits per heavy atom. The Morgan fingerprint density at radius 1 is 1.19 bits per heavy atom. The number of amides is 1. The predicted molar refractivity (Wildman–Crippen MR) is 98.5 cm³/mol. The second-order valence-corrected chi connectivity index (χ2v) is 6.40. The number of nitrogens with one attached hydrogen (secondary N) is 1. The number of hydrogen-bond donors (Lipinski definition) is 2. The molecule has 0 spiro atoms. The third-order valence-electron chi connectivity index (χ3n) is 3.62. The Kier molecular flexibility index (Phi) is 4.35. The molecule has 0 saturated carbocycles. The van der Waals surface area contributed by atoms with Gasteiger partial charge in [0, 0.05) is 6.20 Å². The van der Waals surface area contributed by atoms with Crippen LogP contribution in [0, 0.1) is 5.82 Å². The van der Waals surface area contributed by atoms with Crippen LogP contribution in [0.25, 0.3) is 16.4 Å². The van der Waals surface area contributed by atoms with Crippen LogP contribution in [0.15, 0.2) is 60.1 Å². The van der Waals surface area contributed by atoms with Gasteiger partial charge in [-0.05, 0) is 41.8 Å². The van der Waals surface area contributed by atoms with Crippen molar-refractivity contribution in [3.63, 3.8) is 0 Å². The van der Waals surface area contributed by atoms with E-state index in [-0.39, 0.29) is 17.4 Å². The molecule has 4 aromatic rings. The summed E-state index contributed by atoms with van der Waals surface area (Å²) in [5, 5.41) is 18.3. The maximum Gasteiger partial charge on any atom is 0.296 e. The minimum atomic E-state index is -0.642. The molecule has 0 bridgehead atoms. The van der Waals surface area contributed by atoms with Gasteiger partial charge in [-0.3, -0.25) is 4.79 Å². The Labute approximate surface area is 156 Å². The van der Waals surface area contributed by atoms with E-state index >= 15 is 0 Å². The number of thiophene rings is 1. The van der Waals surface area contributed by atoms with E-state index in [4.69, 9.17) is 0 Å². The fourth-order valence-electron chi connectivity index (χ4n) is 2.42. The zero-order valence-electron chi connectivity index (χ0n) is 13.7. The fourth-order valence-corrected chi connectivity index (χ4v) is 3.12. The summed E-state index contributed by atoms with van der Waals surface area (Å²) in [5.41, 5.74) is 0.436. The van der Waals surface area contributed by atoms with Crippen LogP contribution >= 0.6 is 11.3 Å². The lowest BCUT2D eigenvalue weighted by molar-refractivity contribution is 0.101. The second kappa shape index (κ2) is 6.96. The number of carbonyl (C=O) groups excluding carboxylic acids is 1. The molecule has 0 aliphatic carbocycles. The third kappa shape index (κ3) is 3.40. The van der Waals surface area contributed by atoms with Crippen molar-refractivity contribution in [3.8, 4) is 22.1 Å². The molecule has 0 fully saturated rings. The summed E-state index contributed by atoms with van der Waals surface area (Å²) >= 11 is 1.42. The van der Waals surface area contributed by atoms with Gasteiger partial charge in [0.1, 0.15) is 5.82 Å². The Bertz CT molecular complexity index is 1110. The minimum absolute atomic E-state index is 0.00211. The number of anilines is 1. The lowest BCUT2D eigenvalue weighted by atomic mass is 10.3. The highest BCUT2D eigenvalue weighted by Crippen LogP contribution is 2.26. The molecule has 1 aromatic carbocycles.